The highest BCUT2D eigenvalue weighted by atomic mass is 16.6. The highest BCUT2D eigenvalue weighted by Gasteiger charge is 2.89. The van der Waals surface area contributed by atoms with Crippen molar-refractivity contribution in [2.45, 2.75) is 135 Å². The number of rotatable bonds is 2. The SMILES string of the molecule is C=C1C(=O)OC2C1CCC(C)=CCCC1(C)OC21.CC(=O)OC1CC2(C)C(c3ccoc3)CC3OC32C2(C)C(=O)C(O)=C3C(C)(C)C(=O)C=CC3(C)C12. The molecule has 2 saturated carbocycles. The zero-order chi connectivity index (χ0) is 38.3. The molecule has 1 N–H and O–H groups in total. The van der Waals surface area contributed by atoms with Gasteiger partial charge in [-0.2, -0.15) is 0 Å². The second-order valence-corrected chi connectivity index (χ2v) is 18.3. The number of hydrogen-bond acceptors (Lipinski definition) is 10. The van der Waals surface area contributed by atoms with Gasteiger partial charge in [-0.25, -0.2) is 4.79 Å². The summed E-state index contributed by atoms with van der Waals surface area (Å²) in [6, 6.07) is 1.95. The van der Waals surface area contributed by atoms with Crippen LogP contribution >= 0.6 is 0 Å². The van der Waals surface area contributed by atoms with Gasteiger partial charge in [0.2, 0.25) is 5.78 Å². The first-order valence-electron chi connectivity index (χ1n) is 19.1. The maximum absolute atomic E-state index is 14.3. The van der Waals surface area contributed by atoms with Crippen LogP contribution in [0, 0.1) is 33.5 Å². The Balaban J connectivity index is 0.000000186. The topological polar surface area (TPSA) is 145 Å². The van der Waals surface area contributed by atoms with Crippen LogP contribution in [0.15, 0.2) is 70.3 Å². The van der Waals surface area contributed by atoms with E-state index in [1.54, 1.807) is 38.5 Å². The third-order valence-corrected chi connectivity index (χ3v) is 14.9. The van der Waals surface area contributed by atoms with E-state index in [2.05, 4.69) is 33.4 Å². The molecule has 0 amide bonds. The summed E-state index contributed by atoms with van der Waals surface area (Å²) in [5, 5.41) is 11.5. The molecule has 10 heteroatoms. The first-order valence-corrected chi connectivity index (χ1v) is 19.1. The Hall–Kier alpha value is -3.76. The highest BCUT2D eigenvalue weighted by molar-refractivity contribution is 6.06. The molecule has 1 aromatic heterocycles. The van der Waals surface area contributed by atoms with Gasteiger partial charge < -0.3 is 28.5 Å². The average molecular weight is 729 g/mol. The van der Waals surface area contributed by atoms with E-state index in [0.29, 0.717) is 24.0 Å². The van der Waals surface area contributed by atoms with Crippen LogP contribution in [0.25, 0.3) is 0 Å². The van der Waals surface area contributed by atoms with Gasteiger partial charge in [-0.05, 0) is 102 Å². The van der Waals surface area contributed by atoms with E-state index < -0.39 is 51.0 Å². The summed E-state index contributed by atoms with van der Waals surface area (Å²) < 4.78 is 29.2. The predicted octanol–water partition coefficient (Wildman–Crippen LogP) is 7.20. The lowest BCUT2D eigenvalue weighted by atomic mass is 9.38. The molecule has 284 valence electrons. The van der Waals surface area contributed by atoms with Crippen LogP contribution in [0.3, 0.4) is 0 Å². The lowest BCUT2D eigenvalue weighted by Gasteiger charge is -2.64. The van der Waals surface area contributed by atoms with Crippen LogP contribution in [-0.4, -0.2) is 64.2 Å². The molecule has 1 spiro atoms. The largest absolute Gasteiger partial charge is 0.504 e. The van der Waals surface area contributed by atoms with E-state index in [-0.39, 0.29) is 53.3 Å². The number of ketones is 2. The maximum atomic E-state index is 14.3. The van der Waals surface area contributed by atoms with Crippen LogP contribution in [-0.2, 0) is 38.1 Å². The third-order valence-electron chi connectivity index (χ3n) is 14.9. The van der Waals surface area contributed by atoms with Crippen LogP contribution < -0.4 is 0 Å². The minimum atomic E-state index is -1.17. The summed E-state index contributed by atoms with van der Waals surface area (Å²) in [5.74, 6) is -1.94. The van der Waals surface area contributed by atoms with Crippen molar-refractivity contribution < 1.29 is 47.6 Å². The minimum absolute atomic E-state index is 0.0453. The van der Waals surface area contributed by atoms with Crippen molar-refractivity contribution in [3.05, 3.63) is 71.4 Å². The van der Waals surface area contributed by atoms with E-state index in [1.165, 1.54) is 12.5 Å². The van der Waals surface area contributed by atoms with Gasteiger partial charge in [-0.3, -0.25) is 14.4 Å². The van der Waals surface area contributed by atoms with Crippen molar-refractivity contribution in [2.75, 3.05) is 0 Å². The van der Waals surface area contributed by atoms with Crippen molar-refractivity contribution >= 4 is 23.5 Å². The Kier molecular flexibility index (Phi) is 7.78. The first-order chi connectivity index (χ1) is 24.8. The predicted molar refractivity (Wildman–Crippen MR) is 192 cm³/mol. The number of epoxide rings is 2. The van der Waals surface area contributed by atoms with Crippen molar-refractivity contribution in [2.24, 2.45) is 33.5 Å². The second-order valence-electron chi connectivity index (χ2n) is 18.3. The summed E-state index contributed by atoms with van der Waals surface area (Å²) in [7, 11) is 0. The molecule has 12 unspecified atom stereocenters. The molecule has 12 atom stereocenters. The molecule has 5 fully saturated rings. The van der Waals surface area contributed by atoms with Crippen LogP contribution in [0.1, 0.15) is 105 Å². The van der Waals surface area contributed by atoms with Gasteiger partial charge in [0.1, 0.15) is 23.9 Å². The van der Waals surface area contributed by atoms with E-state index in [0.717, 1.165) is 31.2 Å². The number of carbonyl (C=O) groups is 4. The van der Waals surface area contributed by atoms with E-state index in [4.69, 9.17) is 23.4 Å². The molecule has 10 nitrogen and oxygen atoms in total. The van der Waals surface area contributed by atoms with Gasteiger partial charge >= 0.3 is 11.9 Å². The van der Waals surface area contributed by atoms with Crippen LogP contribution in [0.2, 0.25) is 0 Å². The number of carbonyl (C=O) groups excluding carboxylic acids is 4. The van der Waals surface area contributed by atoms with E-state index in [1.807, 2.05) is 19.9 Å². The lowest BCUT2D eigenvalue weighted by molar-refractivity contribution is -0.200. The minimum Gasteiger partial charge on any atom is -0.504 e. The van der Waals surface area contributed by atoms with Gasteiger partial charge in [0, 0.05) is 35.2 Å². The number of Topliss-reactive ketones (excluding diaryl/α,β-unsaturated/α-hetero) is 1. The molecule has 0 aromatic carbocycles. The Bertz CT molecular complexity index is 1920. The Morgan fingerprint density at radius 1 is 1.08 bits per heavy atom. The molecule has 8 aliphatic rings. The maximum Gasteiger partial charge on any atom is 0.334 e. The smallest absolute Gasteiger partial charge is 0.334 e. The number of hydrogen-bond donors (Lipinski definition) is 1. The summed E-state index contributed by atoms with van der Waals surface area (Å²) in [6.07, 6.45) is 13.4. The highest BCUT2D eigenvalue weighted by Crippen LogP contribution is 2.81. The molecule has 9 rings (SSSR count). The van der Waals surface area contributed by atoms with E-state index in [9.17, 15) is 24.3 Å². The fourth-order valence-corrected chi connectivity index (χ4v) is 12.4. The van der Waals surface area contributed by atoms with Gasteiger partial charge in [-0.1, -0.05) is 38.2 Å². The van der Waals surface area contributed by atoms with Crippen molar-refractivity contribution in [3.63, 3.8) is 0 Å². The number of ether oxygens (including phenoxy) is 4. The standard InChI is InChI=1S/C28H32O7.C15H20O3/c1-14(29)34-17-12-26(5)16(15-8-10-33-13-15)11-19-28(26,35-19)27(6)21(17)25(4)9-7-18(30)24(2,3)22(25)20(31)23(27)32;1-9-5-4-8-15(3)13(18-15)12-11(7-6-9)10(2)14(16)17-12/h7-10,13,16-17,19,21,31H,11-12H2,1-6H3;5,11-13H,2,4,6-8H2,1,3H3. The molecule has 3 saturated heterocycles. The molecule has 5 aliphatic carbocycles. The van der Waals surface area contributed by atoms with Gasteiger partial charge in [0.05, 0.1) is 35.1 Å². The molecule has 53 heavy (non-hydrogen) atoms. The van der Waals surface area contributed by atoms with Gasteiger partial charge in [-0.15, -0.1) is 0 Å². The quantitative estimate of drug-likeness (QED) is 0.144. The Labute approximate surface area is 311 Å². The zero-order valence-corrected chi connectivity index (χ0v) is 32.1. The zero-order valence-electron chi connectivity index (χ0n) is 32.1. The van der Waals surface area contributed by atoms with Crippen LogP contribution in [0.4, 0.5) is 0 Å². The molecule has 4 heterocycles. The van der Waals surface area contributed by atoms with Crippen molar-refractivity contribution in [1.82, 2.24) is 0 Å². The number of allylic oxidation sites excluding steroid dienone is 6. The average Bonchev–Trinajstić information content (AvgIpc) is 3.79. The Morgan fingerprint density at radius 3 is 2.49 bits per heavy atom. The summed E-state index contributed by atoms with van der Waals surface area (Å²) >= 11 is 0. The summed E-state index contributed by atoms with van der Waals surface area (Å²) in [5.41, 5.74) is -1.14. The van der Waals surface area contributed by atoms with Gasteiger partial charge in [0.25, 0.3) is 0 Å². The number of aliphatic hydroxyl groups excluding tert-OH is 1. The lowest BCUT2D eigenvalue weighted by Crippen LogP contribution is -2.70. The second kappa shape index (κ2) is 11.4. The van der Waals surface area contributed by atoms with Crippen molar-refractivity contribution in [3.8, 4) is 0 Å². The van der Waals surface area contributed by atoms with Crippen molar-refractivity contribution in [1.29, 1.82) is 0 Å². The number of aliphatic hydroxyl groups is 1. The number of esters is 2. The fraction of sp³-hybridized carbons (Fsp3) is 0.628. The monoisotopic (exact) mass is 728 g/mol. The van der Waals surface area contributed by atoms with Crippen LogP contribution in [0.5, 0.6) is 0 Å². The number of fused-ring (bicyclic) bond motifs is 6. The molecule has 1 aromatic rings. The first kappa shape index (κ1) is 36.2. The molecular formula is C43H52O10. The Morgan fingerprint density at radius 2 is 1.81 bits per heavy atom. The molecule has 0 bridgehead atoms. The normalized spacial score (nSPS) is 45.9. The third kappa shape index (κ3) is 4.69. The number of furan rings is 1. The molecule has 3 aliphatic heterocycles. The summed E-state index contributed by atoms with van der Waals surface area (Å²) in [4.78, 5) is 51.3. The summed E-state index contributed by atoms with van der Waals surface area (Å²) in [6.45, 7) is 19.0. The van der Waals surface area contributed by atoms with Gasteiger partial charge in [0.15, 0.2) is 11.5 Å². The molecular weight excluding hydrogens is 676 g/mol. The molecule has 0 radical (unpaired) electrons. The fourth-order valence-electron chi connectivity index (χ4n) is 12.4. The van der Waals surface area contributed by atoms with E-state index >= 15 is 0 Å².